The second kappa shape index (κ2) is 7.78. The second-order valence-electron chi connectivity index (χ2n) is 7.03. The van der Waals surface area contributed by atoms with Crippen molar-refractivity contribution in [2.24, 2.45) is 5.92 Å². The van der Waals surface area contributed by atoms with E-state index in [2.05, 4.69) is 4.98 Å². The van der Waals surface area contributed by atoms with Crippen molar-refractivity contribution in [3.8, 4) is 0 Å². The van der Waals surface area contributed by atoms with E-state index in [1.807, 2.05) is 33.9 Å². The number of carbonyl (C=O) groups excluding carboxylic acids is 1. The van der Waals surface area contributed by atoms with Gasteiger partial charge < -0.3 is 13.9 Å². The largest absolute Gasteiger partial charge is 0.454 e. The maximum absolute atomic E-state index is 13.8. The van der Waals surface area contributed by atoms with Gasteiger partial charge in [-0.2, -0.15) is 0 Å². The Bertz CT molecular complexity index is 896. The lowest BCUT2D eigenvalue weighted by Gasteiger charge is -2.31. The normalized spacial score (nSPS) is 15.2. The number of halogens is 1. The highest BCUT2D eigenvalue weighted by Gasteiger charge is 2.26. The van der Waals surface area contributed by atoms with E-state index in [1.165, 1.54) is 6.07 Å². The molecule has 1 fully saturated rings. The number of benzene rings is 1. The zero-order chi connectivity index (χ0) is 18.6. The maximum atomic E-state index is 13.8. The SMILES string of the molecule is O=C(c1ccc(Cn2ccnc2)o1)N1CCC(Cc2ccccc2F)CC1. The second-order valence-corrected chi connectivity index (χ2v) is 7.03. The van der Waals surface area contributed by atoms with Crippen molar-refractivity contribution in [2.75, 3.05) is 13.1 Å². The van der Waals surface area contributed by atoms with Crippen molar-refractivity contribution < 1.29 is 13.6 Å². The van der Waals surface area contributed by atoms with Crippen LogP contribution in [0.5, 0.6) is 0 Å². The zero-order valence-electron chi connectivity index (χ0n) is 15.1. The van der Waals surface area contributed by atoms with Crippen molar-refractivity contribution in [1.29, 1.82) is 0 Å². The van der Waals surface area contributed by atoms with Crippen LogP contribution in [0.4, 0.5) is 4.39 Å². The summed E-state index contributed by atoms with van der Waals surface area (Å²) < 4.78 is 21.4. The fourth-order valence-electron chi connectivity index (χ4n) is 3.61. The van der Waals surface area contributed by atoms with Gasteiger partial charge in [0, 0.05) is 25.5 Å². The number of aromatic nitrogens is 2. The number of piperidine rings is 1. The highest BCUT2D eigenvalue weighted by molar-refractivity contribution is 5.91. The Kier molecular flexibility index (Phi) is 5.05. The topological polar surface area (TPSA) is 51.3 Å². The summed E-state index contributed by atoms with van der Waals surface area (Å²) >= 11 is 0. The summed E-state index contributed by atoms with van der Waals surface area (Å²) in [5.74, 6) is 1.29. The molecule has 0 bridgehead atoms. The van der Waals surface area contributed by atoms with Gasteiger partial charge in [0.2, 0.25) is 0 Å². The number of furan rings is 1. The third kappa shape index (κ3) is 4.10. The minimum absolute atomic E-state index is 0.0729. The Morgan fingerprint density at radius 1 is 1.19 bits per heavy atom. The molecular weight excluding hydrogens is 345 g/mol. The number of rotatable bonds is 5. The smallest absolute Gasteiger partial charge is 0.289 e. The van der Waals surface area contributed by atoms with E-state index < -0.39 is 0 Å². The molecule has 6 heteroatoms. The molecule has 0 atom stereocenters. The molecule has 5 nitrogen and oxygen atoms in total. The predicted octanol–water partition coefficient (Wildman–Crippen LogP) is 3.76. The van der Waals surface area contributed by atoms with Crippen molar-refractivity contribution in [3.63, 3.8) is 0 Å². The molecular formula is C21H22FN3O2. The minimum Gasteiger partial charge on any atom is -0.454 e. The third-order valence-electron chi connectivity index (χ3n) is 5.14. The van der Waals surface area contributed by atoms with E-state index in [9.17, 15) is 9.18 Å². The van der Waals surface area contributed by atoms with Crippen molar-refractivity contribution >= 4 is 5.91 Å². The lowest BCUT2D eigenvalue weighted by atomic mass is 9.90. The summed E-state index contributed by atoms with van der Waals surface area (Å²) in [4.78, 5) is 18.5. The molecule has 27 heavy (non-hydrogen) atoms. The summed E-state index contributed by atoms with van der Waals surface area (Å²) in [5.41, 5.74) is 0.762. The summed E-state index contributed by atoms with van der Waals surface area (Å²) in [6, 6.07) is 10.5. The van der Waals surface area contributed by atoms with Gasteiger partial charge in [0.05, 0.1) is 12.9 Å². The molecule has 0 radical (unpaired) electrons. The van der Waals surface area contributed by atoms with Gasteiger partial charge in [0.25, 0.3) is 5.91 Å². The zero-order valence-corrected chi connectivity index (χ0v) is 15.1. The predicted molar refractivity (Wildman–Crippen MR) is 98.8 cm³/mol. The molecule has 4 rings (SSSR count). The molecule has 0 aliphatic carbocycles. The van der Waals surface area contributed by atoms with Gasteiger partial charge in [-0.3, -0.25) is 4.79 Å². The van der Waals surface area contributed by atoms with Crippen LogP contribution in [-0.2, 0) is 13.0 Å². The molecule has 1 aliphatic heterocycles. The highest BCUT2D eigenvalue weighted by atomic mass is 19.1. The Morgan fingerprint density at radius 2 is 2.00 bits per heavy atom. The highest BCUT2D eigenvalue weighted by Crippen LogP contribution is 2.24. The Balaban J connectivity index is 1.32. The van der Waals surface area contributed by atoms with E-state index in [0.717, 1.165) is 30.6 Å². The fraction of sp³-hybridized carbons (Fsp3) is 0.333. The van der Waals surface area contributed by atoms with Gasteiger partial charge in [0.15, 0.2) is 5.76 Å². The van der Waals surface area contributed by atoms with Gasteiger partial charge in [-0.05, 0) is 48.9 Å². The Morgan fingerprint density at radius 3 is 2.74 bits per heavy atom. The number of likely N-dealkylation sites (tertiary alicyclic amines) is 1. The molecule has 1 aromatic carbocycles. The van der Waals surface area contributed by atoms with E-state index in [0.29, 0.717) is 31.3 Å². The molecule has 140 valence electrons. The number of hydrogen-bond donors (Lipinski definition) is 0. The minimum atomic E-state index is -0.142. The van der Waals surface area contributed by atoms with E-state index in [-0.39, 0.29) is 11.7 Å². The first-order chi connectivity index (χ1) is 13.2. The first kappa shape index (κ1) is 17.5. The van der Waals surface area contributed by atoms with Crippen LogP contribution in [0.1, 0.15) is 34.7 Å². The van der Waals surface area contributed by atoms with Crippen LogP contribution in [0.3, 0.4) is 0 Å². The Hall–Kier alpha value is -2.89. The Labute approximate surface area is 157 Å². The molecule has 0 saturated carbocycles. The number of hydrogen-bond acceptors (Lipinski definition) is 3. The van der Waals surface area contributed by atoms with Gasteiger partial charge in [0.1, 0.15) is 11.6 Å². The number of nitrogens with zero attached hydrogens (tertiary/aromatic N) is 3. The first-order valence-electron chi connectivity index (χ1n) is 9.26. The third-order valence-corrected chi connectivity index (χ3v) is 5.14. The average Bonchev–Trinajstić information content (AvgIpc) is 3.36. The fourth-order valence-corrected chi connectivity index (χ4v) is 3.61. The molecule has 0 spiro atoms. The quantitative estimate of drug-likeness (QED) is 0.690. The van der Waals surface area contributed by atoms with Crippen molar-refractivity contribution in [2.45, 2.75) is 25.8 Å². The monoisotopic (exact) mass is 367 g/mol. The van der Waals surface area contributed by atoms with Crippen molar-refractivity contribution in [1.82, 2.24) is 14.5 Å². The number of amides is 1. The van der Waals surface area contributed by atoms with Crippen molar-refractivity contribution in [3.05, 3.63) is 78.0 Å². The summed E-state index contributed by atoms with van der Waals surface area (Å²) in [6.45, 7) is 1.91. The van der Waals surface area contributed by atoms with Crippen LogP contribution in [0.15, 0.2) is 59.5 Å². The molecule has 0 N–H and O–H groups in total. The molecule has 3 heterocycles. The molecule has 2 aromatic heterocycles. The van der Waals surface area contributed by atoms with Gasteiger partial charge in [-0.1, -0.05) is 18.2 Å². The van der Waals surface area contributed by atoms with Gasteiger partial charge in [-0.25, -0.2) is 9.37 Å². The number of imidazole rings is 1. The number of carbonyl (C=O) groups is 1. The van der Waals surface area contributed by atoms with E-state index in [4.69, 9.17) is 4.42 Å². The van der Waals surface area contributed by atoms with Crippen LogP contribution in [0.25, 0.3) is 0 Å². The van der Waals surface area contributed by atoms with Gasteiger partial charge in [-0.15, -0.1) is 0 Å². The van der Waals surface area contributed by atoms with Gasteiger partial charge >= 0.3 is 0 Å². The van der Waals surface area contributed by atoms with E-state index >= 15 is 0 Å². The lowest BCUT2D eigenvalue weighted by Crippen LogP contribution is -2.38. The van der Waals surface area contributed by atoms with Crippen LogP contribution >= 0.6 is 0 Å². The molecule has 1 aliphatic rings. The molecule has 1 amide bonds. The standard InChI is InChI=1S/C21H22FN3O2/c22-19-4-2-1-3-17(19)13-16-7-10-25(11-8-16)21(26)20-6-5-18(27-20)14-24-12-9-23-15-24/h1-6,9,12,15-16H,7-8,10-11,13-14H2. The summed E-state index contributed by atoms with van der Waals surface area (Å²) in [7, 11) is 0. The van der Waals surface area contributed by atoms with E-state index in [1.54, 1.807) is 24.7 Å². The molecule has 1 saturated heterocycles. The van der Waals surface area contributed by atoms with Crippen LogP contribution < -0.4 is 0 Å². The lowest BCUT2D eigenvalue weighted by molar-refractivity contribution is 0.0656. The summed E-state index contributed by atoms with van der Waals surface area (Å²) in [5, 5.41) is 0. The maximum Gasteiger partial charge on any atom is 0.289 e. The van der Waals surface area contributed by atoms with Crippen LogP contribution in [0, 0.1) is 11.7 Å². The van der Waals surface area contributed by atoms with Crippen LogP contribution in [-0.4, -0.2) is 33.4 Å². The van der Waals surface area contributed by atoms with Crippen LogP contribution in [0.2, 0.25) is 0 Å². The molecule has 3 aromatic rings. The summed E-state index contributed by atoms with van der Waals surface area (Å²) in [6.07, 6.45) is 7.76. The first-order valence-corrected chi connectivity index (χ1v) is 9.26. The average molecular weight is 367 g/mol. The molecule has 0 unspecified atom stereocenters.